The van der Waals surface area contributed by atoms with Gasteiger partial charge in [0.1, 0.15) is 11.6 Å². The molecule has 0 spiro atoms. The molecule has 1 aliphatic rings. The molecule has 0 aromatic heterocycles. The van der Waals surface area contributed by atoms with Crippen LogP contribution in [0.25, 0.3) is 0 Å². The molecule has 0 atom stereocenters. The van der Waals surface area contributed by atoms with E-state index in [1.165, 1.54) is 12.1 Å². The van der Waals surface area contributed by atoms with Crippen molar-refractivity contribution < 1.29 is 19.2 Å². The monoisotopic (exact) mass is 414 g/mol. The summed E-state index contributed by atoms with van der Waals surface area (Å²) in [5, 5.41) is 5.34. The number of amides is 2. The second-order valence-corrected chi connectivity index (χ2v) is 8.36. The highest BCUT2D eigenvalue weighted by molar-refractivity contribution is 5.74. The van der Waals surface area contributed by atoms with Crippen molar-refractivity contribution in [3.05, 3.63) is 65.5 Å². The third kappa shape index (κ3) is 6.73. The van der Waals surface area contributed by atoms with E-state index in [0.29, 0.717) is 25.6 Å². The first-order valence-corrected chi connectivity index (χ1v) is 10.8. The fraction of sp³-hybridized carbons (Fsp3) is 0.458. The molecule has 30 heavy (non-hydrogen) atoms. The highest BCUT2D eigenvalue weighted by Crippen LogP contribution is 2.17. The van der Waals surface area contributed by atoms with Crippen molar-refractivity contribution in [2.75, 3.05) is 19.7 Å². The molecule has 0 radical (unpaired) electrons. The molecule has 5 nitrogen and oxygen atoms in total. The summed E-state index contributed by atoms with van der Waals surface area (Å²) in [5.74, 6) is 1.06. The topological polar surface area (TPSA) is 58.2 Å². The lowest BCUT2D eigenvalue weighted by molar-refractivity contribution is -0.663. The molecule has 1 fully saturated rings. The maximum absolute atomic E-state index is 13.3. The molecule has 2 amide bonds. The van der Waals surface area contributed by atoms with Crippen molar-refractivity contribution in [3.63, 3.8) is 0 Å². The van der Waals surface area contributed by atoms with Crippen LogP contribution in [0.15, 0.2) is 48.5 Å². The Morgan fingerprint density at radius 2 is 1.73 bits per heavy atom. The number of nitrogens with zero attached hydrogens (tertiary/aromatic N) is 1. The van der Waals surface area contributed by atoms with Crippen LogP contribution in [0.3, 0.4) is 0 Å². The van der Waals surface area contributed by atoms with E-state index >= 15 is 0 Å². The Kier molecular flexibility index (Phi) is 8.08. The molecular weight excluding hydrogens is 381 g/mol. The molecule has 3 N–H and O–H groups in total. The Labute approximate surface area is 178 Å². The van der Waals surface area contributed by atoms with E-state index < -0.39 is 0 Å². The van der Waals surface area contributed by atoms with Gasteiger partial charge < -0.3 is 20.3 Å². The summed E-state index contributed by atoms with van der Waals surface area (Å²) in [4.78, 5) is 14.9. The summed E-state index contributed by atoms with van der Waals surface area (Å²) in [7, 11) is 0. The average Bonchev–Trinajstić information content (AvgIpc) is 2.77. The summed E-state index contributed by atoms with van der Waals surface area (Å²) in [6.07, 6.45) is 1.94. The van der Waals surface area contributed by atoms with E-state index in [9.17, 15) is 9.18 Å². The third-order valence-corrected chi connectivity index (χ3v) is 5.33. The van der Waals surface area contributed by atoms with Crippen LogP contribution in [0.4, 0.5) is 9.18 Å². The first kappa shape index (κ1) is 22.1. The summed E-state index contributed by atoms with van der Waals surface area (Å²) >= 11 is 0. The number of quaternary nitrogens is 1. The van der Waals surface area contributed by atoms with Gasteiger partial charge >= 0.3 is 6.03 Å². The maximum atomic E-state index is 13.3. The minimum Gasteiger partial charge on any atom is -0.493 e. The molecule has 1 heterocycles. The summed E-state index contributed by atoms with van der Waals surface area (Å²) in [6, 6.07) is 14.4. The zero-order valence-corrected chi connectivity index (χ0v) is 17.9. The summed E-state index contributed by atoms with van der Waals surface area (Å²) in [5.41, 5.74) is 1.96. The molecule has 3 rings (SSSR count). The largest absolute Gasteiger partial charge is 0.493 e. The molecule has 1 saturated heterocycles. The number of hydrogen-bond donors (Lipinski definition) is 2. The normalized spacial score (nSPS) is 14.5. The summed E-state index contributed by atoms with van der Waals surface area (Å²) in [6.45, 7) is 7.91. The van der Waals surface area contributed by atoms with Crippen LogP contribution in [0.1, 0.15) is 37.8 Å². The van der Waals surface area contributed by atoms with Crippen molar-refractivity contribution in [2.45, 2.75) is 45.8 Å². The van der Waals surface area contributed by atoms with Gasteiger partial charge in [-0.2, -0.15) is 0 Å². The lowest BCUT2D eigenvalue weighted by Crippen LogP contribution is -2.87. The van der Waals surface area contributed by atoms with E-state index in [4.69, 9.17) is 4.74 Å². The van der Waals surface area contributed by atoms with Crippen LogP contribution in [-0.4, -0.2) is 36.7 Å². The SMILES string of the molecule is CC(C)COc1ccc(CNC(=O)N(Cc2ccc(F)cc2)C2CC[NH2+]CC2)cc1. The summed E-state index contributed by atoms with van der Waals surface area (Å²) < 4.78 is 19.0. The van der Waals surface area contributed by atoms with Crippen LogP contribution in [0.2, 0.25) is 0 Å². The number of benzene rings is 2. The molecule has 2 aromatic carbocycles. The Morgan fingerprint density at radius 1 is 1.10 bits per heavy atom. The molecule has 0 unspecified atom stereocenters. The molecule has 162 valence electrons. The molecular formula is C24H33FN3O2+. The van der Waals surface area contributed by atoms with Crippen molar-refractivity contribution in [1.82, 2.24) is 10.2 Å². The van der Waals surface area contributed by atoms with Crippen LogP contribution in [0.5, 0.6) is 5.75 Å². The second kappa shape index (κ2) is 11.0. The van der Waals surface area contributed by atoms with Gasteiger partial charge in [-0.1, -0.05) is 38.1 Å². The average molecular weight is 415 g/mol. The number of halogens is 1. The quantitative estimate of drug-likeness (QED) is 0.696. The van der Waals surface area contributed by atoms with Crippen LogP contribution in [0, 0.1) is 11.7 Å². The number of nitrogens with two attached hydrogens (primary N) is 1. The van der Waals surface area contributed by atoms with E-state index in [0.717, 1.165) is 42.8 Å². The molecule has 1 aliphatic heterocycles. The Balaban J connectivity index is 1.60. The van der Waals surface area contributed by atoms with Crippen LogP contribution >= 0.6 is 0 Å². The highest BCUT2D eigenvalue weighted by atomic mass is 19.1. The third-order valence-electron chi connectivity index (χ3n) is 5.33. The van der Waals surface area contributed by atoms with Gasteiger partial charge in [0.05, 0.1) is 19.7 Å². The van der Waals surface area contributed by atoms with Gasteiger partial charge in [-0.3, -0.25) is 0 Å². The molecule has 0 aliphatic carbocycles. The zero-order valence-electron chi connectivity index (χ0n) is 17.9. The fourth-order valence-corrected chi connectivity index (χ4v) is 3.62. The number of nitrogens with one attached hydrogen (secondary N) is 1. The van der Waals surface area contributed by atoms with Gasteiger partial charge in [0.25, 0.3) is 0 Å². The van der Waals surface area contributed by atoms with Crippen molar-refractivity contribution in [1.29, 1.82) is 0 Å². The lowest BCUT2D eigenvalue weighted by Gasteiger charge is -2.33. The minimum absolute atomic E-state index is 0.0774. The van der Waals surface area contributed by atoms with Gasteiger partial charge in [-0.15, -0.1) is 0 Å². The van der Waals surface area contributed by atoms with Crippen molar-refractivity contribution in [3.8, 4) is 5.75 Å². The fourth-order valence-electron chi connectivity index (χ4n) is 3.62. The number of piperidine rings is 1. The van der Waals surface area contributed by atoms with Crippen molar-refractivity contribution >= 4 is 6.03 Å². The van der Waals surface area contributed by atoms with E-state index in [-0.39, 0.29) is 17.9 Å². The van der Waals surface area contributed by atoms with Gasteiger partial charge in [0.15, 0.2) is 0 Å². The number of ether oxygens (including phenoxy) is 1. The van der Waals surface area contributed by atoms with E-state index in [1.807, 2.05) is 29.2 Å². The highest BCUT2D eigenvalue weighted by Gasteiger charge is 2.26. The first-order valence-electron chi connectivity index (χ1n) is 10.8. The minimum atomic E-state index is -0.261. The molecule has 6 heteroatoms. The number of hydrogen-bond acceptors (Lipinski definition) is 2. The number of urea groups is 1. The van der Waals surface area contributed by atoms with Gasteiger partial charge in [0.2, 0.25) is 0 Å². The second-order valence-electron chi connectivity index (χ2n) is 8.36. The van der Waals surface area contributed by atoms with E-state index in [1.54, 1.807) is 12.1 Å². The lowest BCUT2D eigenvalue weighted by atomic mass is 10.0. The number of carbonyl (C=O) groups excluding carboxylic acids is 1. The standard InChI is InChI=1S/C24H32FN3O2/c1-18(2)17-30-23-9-5-19(6-10-23)15-27-24(29)28(22-11-13-26-14-12-22)16-20-3-7-21(25)8-4-20/h3-10,18,22,26H,11-17H2,1-2H3,(H,27,29)/p+1. The first-order chi connectivity index (χ1) is 14.5. The van der Waals surface area contributed by atoms with Gasteiger partial charge in [-0.05, 0) is 41.3 Å². The Bertz CT molecular complexity index is 787. The van der Waals surface area contributed by atoms with Gasteiger partial charge in [0, 0.05) is 32.0 Å². The van der Waals surface area contributed by atoms with Crippen LogP contribution in [-0.2, 0) is 13.1 Å². The van der Waals surface area contributed by atoms with Crippen LogP contribution < -0.4 is 15.4 Å². The molecule has 2 aromatic rings. The predicted molar refractivity (Wildman–Crippen MR) is 116 cm³/mol. The maximum Gasteiger partial charge on any atom is 0.318 e. The van der Waals surface area contributed by atoms with Gasteiger partial charge in [-0.25, -0.2) is 9.18 Å². The predicted octanol–water partition coefficient (Wildman–Crippen LogP) is 3.30. The van der Waals surface area contributed by atoms with Crippen molar-refractivity contribution in [2.24, 2.45) is 5.92 Å². The molecule has 0 bridgehead atoms. The smallest absolute Gasteiger partial charge is 0.318 e. The molecule has 0 saturated carbocycles. The van der Waals surface area contributed by atoms with E-state index in [2.05, 4.69) is 24.5 Å². The number of rotatable bonds is 8. The Morgan fingerprint density at radius 3 is 2.37 bits per heavy atom. The number of carbonyl (C=O) groups is 1. The zero-order chi connectivity index (χ0) is 21.3. The Hall–Kier alpha value is -2.60.